The number of halogens is 2. The highest BCUT2D eigenvalue weighted by Gasteiger charge is 2.12. The number of hydrogen-bond donors (Lipinski definition) is 1. The van der Waals surface area contributed by atoms with E-state index in [1.165, 1.54) is 7.11 Å². The van der Waals surface area contributed by atoms with Gasteiger partial charge in [0.2, 0.25) is 0 Å². The molecule has 0 atom stereocenters. The first-order valence-electron chi connectivity index (χ1n) is 5.96. The average molecular weight is 355 g/mol. The van der Waals surface area contributed by atoms with Gasteiger partial charge in [-0.2, -0.15) is 0 Å². The molecule has 0 fully saturated rings. The van der Waals surface area contributed by atoms with Gasteiger partial charge in [0.15, 0.2) is 0 Å². The highest BCUT2D eigenvalue weighted by molar-refractivity contribution is 9.10. The molecular formula is C15H13BrClNO2. The van der Waals surface area contributed by atoms with Gasteiger partial charge in [-0.25, -0.2) is 4.79 Å². The maximum Gasteiger partial charge on any atom is 0.340 e. The van der Waals surface area contributed by atoms with Crippen LogP contribution in [0.3, 0.4) is 0 Å². The van der Waals surface area contributed by atoms with E-state index in [-0.39, 0.29) is 0 Å². The summed E-state index contributed by atoms with van der Waals surface area (Å²) in [6.07, 6.45) is 0. The lowest BCUT2D eigenvalue weighted by molar-refractivity contribution is 0.0602. The van der Waals surface area contributed by atoms with Crippen LogP contribution in [0.1, 0.15) is 15.9 Å². The van der Waals surface area contributed by atoms with Gasteiger partial charge in [0.25, 0.3) is 0 Å². The largest absolute Gasteiger partial charge is 0.465 e. The summed E-state index contributed by atoms with van der Waals surface area (Å²) in [6.45, 7) is 0.602. The SMILES string of the molecule is COC(=O)c1cc(Cl)ccc1NCc1cccc(Br)c1. The van der Waals surface area contributed by atoms with E-state index in [2.05, 4.69) is 21.2 Å². The zero-order chi connectivity index (χ0) is 14.5. The van der Waals surface area contributed by atoms with Crippen molar-refractivity contribution in [3.63, 3.8) is 0 Å². The number of carbonyl (C=O) groups excluding carboxylic acids is 1. The third-order valence-corrected chi connectivity index (χ3v) is 3.49. The lowest BCUT2D eigenvalue weighted by atomic mass is 10.1. The minimum Gasteiger partial charge on any atom is -0.465 e. The molecule has 0 aromatic heterocycles. The van der Waals surface area contributed by atoms with Crippen molar-refractivity contribution in [3.8, 4) is 0 Å². The molecule has 0 aliphatic heterocycles. The van der Waals surface area contributed by atoms with E-state index in [0.29, 0.717) is 22.8 Å². The minimum absolute atomic E-state index is 0.413. The molecule has 3 nitrogen and oxygen atoms in total. The van der Waals surface area contributed by atoms with Gasteiger partial charge in [0.05, 0.1) is 12.7 Å². The number of ether oxygens (including phenoxy) is 1. The second-order valence-corrected chi connectivity index (χ2v) is 5.52. The zero-order valence-corrected chi connectivity index (χ0v) is 13.2. The van der Waals surface area contributed by atoms with Crippen molar-refractivity contribution in [1.82, 2.24) is 0 Å². The molecule has 0 aliphatic rings. The van der Waals surface area contributed by atoms with Gasteiger partial charge in [-0.3, -0.25) is 0 Å². The molecule has 0 bridgehead atoms. The molecule has 0 aliphatic carbocycles. The van der Waals surface area contributed by atoms with E-state index in [1.807, 2.05) is 24.3 Å². The zero-order valence-electron chi connectivity index (χ0n) is 10.8. The Morgan fingerprint density at radius 2 is 2.10 bits per heavy atom. The van der Waals surface area contributed by atoms with Gasteiger partial charge in [-0.05, 0) is 35.9 Å². The number of carbonyl (C=O) groups is 1. The van der Waals surface area contributed by atoms with Crippen molar-refractivity contribution < 1.29 is 9.53 Å². The summed E-state index contributed by atoms with van der Waals surface area (Å²) in [5, 5.41) is 3.72. The molecule has 0 heterocycles. The Morgan fingerprint density at radius 1 is 1.30 bits per heavy atom. The predicted octanol–water partition coefficient (Wildman–Crippen LogP) is 4.50. The summed E-state index contributed by atoms with van der Waals surface area (Å²) in [7, 11) is 1.35. The molecular weight excluding hydrogens is 342 g/mol. The molecule has 104 valence electrons. The fourth-order valence-electron chi connectivity index (χ4n) is 1.79. The van der Waals surface area contributed by atoms with E-state index in [1.54, 1.807) is 18.2 Å². The molecule has 20 heavy (non-hydrogen) atoms. The molecule has 1 N–H and O–H groups in total. The van der Waals surface area contributed by atoms with Gasteiger partial charge >= 0.3 is 5.97 Å². The summed E-state index contributed by atoms with van der Waals surface area (Å²) in [5.74, 6) is -0.413. The summed E-state index contributed by atoms with van der Waals surface area (Å²) in [5.41, 5.74) is 2.22. The summed E-state index contributed by atoms with van der Waals surface area (Å²) < 4.78 is 5.77. The fourth-order valence-corrected chi connectivity index (χ4v) is 2.41. The highest BCUT2D eigenvalue weighted by Crippen LogP contribution is 2.22. The lowest BCUT2D eigenvalue weighted by Gasteiger charge is -2.11. The van der Waals surface area contributed by atoms with E-state index in [0.717, 1.165) is 10.0 Å². The predicted molar refractivity (Wildman–Crippen MR) is 84.3 cm³/mol. The maximum absolute atomic E-state index is 11.7. The van der Waals surface area contributed by atoms with Crippen LogP contribution in [0.25, 0.3) is 0 Å². The van der Waals surface area contributed by atoms with Gasteiger partial charge in [0, 0.05) is 21.7 Å². The Hall–Kier alpha value is -1.52. The van der Waals surface area contributed by atoms with Crippen LogP contribution in [0.15, 0.2) is 46.9 Å². The van der Waals surface area contributed by atoms with Gasteiger partial charge in [-0.15, -0.1) is 0 Å². The van der Waals surface area contributed by atoms with Crippen LogP contribution in [0.4, 0.5) is 5.69 Å². The topological polar surface area (TPSA) is 38.3 Å². The number of rotatable bonds is 4. The Morgan fingerprint density at radius 3 is 2.80 bits per heavy atom. The van der Waals surface area contributed by atoms with Gasteiger partial charge < -0.3 is 10.1 Å². The molecule has 0 amide bonds. The Labute approximate surface area is 131 Å². The number of benzene rings is 2. The number of nitrogens with one attached hydrogen (secondary N) is 1. The van der Waals surface area contributed by atoms with E-state index >= 15 is 0 Å². The van der Waals surface area contributed by atoms with E-state index in [4.69, 9.17) is 16.3 Å². The number of anilines is 1. The molecule has 0 saturated carbocycles. The third kappa shape index (κ3) is 3.74. The van der Waals surface area contributed by atoms with E-state index in [9.17, 15) is 4.79 Å². The number of hydrogen-bond acceptors (Lipinski definition) is 3. The molecule has 2 aromatic rings. The van der Waals surface area contributed by atoms with Crippen LogP contribution in [0, 0.1) is 0 Å². The van der Waals surface area contributed by atoms with E-state index < -0.39 is 5.97 Å². The van der Waals surface area contributed by atoms with Crippen LogP contribution < -0.4 is 5.32 Å². The summed E-state index contributed by atoms with van der Waals surface area (Å²) >= 11 is 9.34. The van der Waals surface area contributed by atoms with Crippen LogP contribution in [-0.4, -0.2) is 13.1 Å². The van der Waals surface area contributed by atoms with Crippen LogP contribution in [-0.2, 0) is 11.3 Å². The van der Waals surface area contributed by atoms with Crippen molar-refractivity contribution in [1.29, 1.82) is 0 Å². The maximum atomic E-state index is 11.7. The molecule has 0 radical (unpaired) electrons. The van der Waals surface area contributed by atoms with Crippen molar-refractivity contribution in [2.24, 2.45) is 0 Å². The molecule has 0 unspecified atom stereocenters. The Balaban J connectivity index is 2.19. The quantitative estimate of drug-likeness (QED) is 0.822. The number of methoxy groups -OCH3 is 1. The lowest BCUT2D eigenvalue weighted by Crippen LogP contribution is -2.08. The smallest absolute Gasteiger partial charge is 0.340 e. The molecule has 0 saturated heterocycles. The first kappa shape index (κ1) is 14.9. The molecule has 2 rings (SSSR count). The monoisotopic (exact) mass is 353 g/mol. The van der Waals surface area contributed by atoms with Crippen LogP contribution in [0.5, 0.6) is 0 Å². The van der Waals surface area contributed by atoms with Crippen molar-refractivity contribution in [2.75, 3.05) is 12.4 Å². The van der Waals surface area contributed by atoms with Crippen LogP contribution >= 0.6 is 27.5 Å². The highest BCUT2D eigenvalue weighted by atomic mass is 79.9. The summed E-state index contributed by atoms with van der Waals surface area (Å²) in [6, 6.07) is 13.0. The minimum atomic E-state index is -0.413. The van der Waals surface area contributed by atoms with Crippen LogP contribution in [0.2, 0.25) is 5.02 Å². The Kier molecular flexibility index (Phi) is 5.04. The van der Waals surface area contributed by atoms with Gasteiger partial charge in [0.1, 0.15) is 0 Å². The van der Waals surface area contributed by atoms with Crippen molar-refractivity contribution in [2.45, 2.75) is 6.54 Å². The molecule has 5 heteroatoms. The molecule has 0 spiro atoms. The second kappa shape index (κ2) is 6.77. The third-order valence-electron chi connectivity index (χ3n) is 2.76. The normalized spacial score (nSPS) is 10.2. The fraction of sp³-hybridized carbons (Fsp3) is 0.133. The van der Waals surface area contributed by atoms with Crippen molar-refractivity contribution >= 4 is 39.2 Å². The first-order valence-corrected chi connectivity index (χ1v) is 7.13. The average Bonchev–Trinajstić information content (AvgIpc) is 2.45. The second-order valence-electron chi connectivity index (χ2n) is 4.16. The molecule has 2 aromatic carbocycles. The number of esters is 1. The Bertz CT molecular complexity index is 631. The first-order chi connectivity index (χ1) is 9.60. The van der Waals surface area contributed by atoms with Crippen molar-refractivity contribution in [3.05, 3.63) is 63.1 Å². The standard InChI is InChI=1S/C15H13BrClNO2/c1-20-15(19)13-8-12(17)5-6-14(13)18-9-10-3-2-4-11(16)7-10/h2-8,18H,9H2,1H3. The van der Waals surface area contributed by atoms with Gasteiger partial charge in [-0.1, -0.05) is 39.7 Å². The summed E-state index contributed by atoms with van der Waals surface area (Å²) in [4.78, 5) is 11.7.